The molecule has 26 heavy (non-hydrogen) atoms. The third kappa shape index (κ3) is 6.48. The van der Waals surface area contributed by atoms with Crippen molar-refractivity contribution in [2.75, 3.05) is 18.6 Å². The number of ether oxygens (including phenoxy) is 2. The Labute approximate surface area is 165 Å². The van der Waals surface area contributed by atoms with Crippen molar-refractivity contribution in [3.05, 3.63) is 35.9 Å². The first-order valence-corrected chi connectivity index (χ1v) is 11.3. The van der Waals surface area contributed by atoms with E-state index < -0.39 is 6.10 Å². The highest BCUT2D eigenvalue weighted by atomic mass is 32.2. The number of methoxy groups -OCH3 is 1. The van der Waals surface area contributed by atoms with E-state index in [0.29, 0.717) is 11.2 Å². The quantitative estimate of drug-likeness (QED) is 0.636. The maximum Gasteiger partial charge on any atom is 0.308 e. The van der Waals surface area contributed by atoms with Gasteiger partial charge in [-0.2, -0.15) is 0 Å². The molecular weight excluding hydrogens is 368 g/mol. The molecule has 0 aromatic heterocycles. The van der Waals surface area contributed by atoms with E-state index in [2.05, 4.69) is 6.92 Å². The third-order valence-electron chi connectivity index (χ3n) is 4.81. The number of aliphatic hydroxyl groups is 1. The average molecular weight is 399 g/mol. The molecule has 0 saturated carbocycles. The second-order valence-electron chi connectivity index (χ2n) is 6.79. The van der Waals surface area contributed by atoms with Crippen LogP contribution in [0.2, 0.25) is 0 Å². The first kappa shape index (κ1) is 21.6. The molecule has 0 bridgehead atoms. The van der Waals surface area contributed by atoms with Gasteiger partial charge < -0.3 is 14.6 Å². The summed E-state index contributed by atoms with van der Waals surface area (Å²) in [5.41, 5.74) is 1.11. The van der Waals surface area contributed by atoms with Crippen LogP contribution in [0.25, 0.3) is 0 Å². The maximum absolute atomic E-state index is 11.6. The lowest BCUT2D eigenvalue weighted by atomic mass is 9.88. The van der Waals surface area contributed by atoms with Gasteiger partial charge in [-0.05, 0) is 23.5 Å². The fourth-order valence-electron chi connectivity index (χ4n) is 3.17. The largest absolute Gasteiger partial charge is 0.469 e. The number of aliphatic hydroxyl groups excluding tert-OH is 1. The van der Waals surface area contributed by atoms with Gasteiger partial charge >= 0.3 is 5.97 Å². The summed E-state index contributed by atoms with van der Waals surface area (Å²) >= 11 is 3.96. The highest BCUT2D eigenvalue weighted by Gasteiger charge is 2.36. The van der Waals surface area contributed by atoms with Crippen LogP contribution >= 0.6 is 23.5 Å². The SMILES string of the molecule is COC(=O)C[C@H](O)[C@H](C)[C@H](OCc1ccccc1)[C@@H](C)C1SCCCS1. The molecule has 0 spiro atoms. The lowest BCUT2D eigenvalue weighted by Gasteiger charge is -2.37. The highest BCUT2D eigenvalue weighted by Crippen LogP contribution is 2.40. The summed E-state index contributed by atoms with van der Waals surface area (Å²) in [7, 11) is 1.35. The van der Waals surface area contributed by atoms with E-state index in [0.717, 1.165) is 5.56 Å². The summed E-state index contributed by atoms with van der Waals surface area (Å²) in [6.07, 6.45) is 0.344. The van der Waals surface area contributed by atoms with E-state index in [1.807, 2.05) is 60.8 Å². The Morgan fingerprint density at radius 3 is 2.50 bits per heavy atom. The first-order chi connectivity index (χ1) is 12.5. The predicted molar refractivity (Wildman–Crippen MR) is 109 cm³/mol. The molecule has 1 aliphatic heterocycles. The summed E-state index contributed by atoms with van der Waals surface area (Å²) in [5.74, 6) is 2.08. The molecule has 1 aliphatic rings. The molecule has 4 nitrogen and oxygen atoms in total. The second-order valence-corrected chi connectivity index (χ2v) is 9.59. The molecular formula is C20H30O4S2. The highest BCUT2D eigenvalue weighted by molar-refractivity contribution is 8.17. The van der Waals surface area contributed by atoms with Gasteiger partial charge in [-0.25, -0.2) is 0 Å². The summed E-state index contributed by atoms with van der Waals surface area (Å²) in [4.78, 5) is 11.6. The monoisotopic (exact) mass is 398 g/mol. The lowest BCUT2D eigenvalue weighted by Crippen LogP contribution is -2.40. The van der Waals surface area contributed by atoms with Crippen molar-refractivity contribution < 1.29 is 19.4 Å². The summed E-state index contributed by atoms with van der Waals surface area (Å²) in [5, 5.41) is 10.5. The molecule has 0 amide bonds. The molecule has 1 N–H and O–H groups in total. The number of carbonyl (C=O) groups excluding carboxylic acids is 1. The second kappa shape index (κ2) is 11.2. The zero-order valence-electron chi connectivity index (χ0n) is 15.8. The van der Waals surface area contributed by atoms with Crippen LogP contribution in [0.4, 0.5) is 0 Å². The van der Waals surface area contributed by atoms with Gasteiger partial charge in [-0.15, -0.1) is 23.5 Å². The van der Waals surface area contributed by atoms with Crippen molar-refractivity contribution in [1.82, 2.24) is 0 Å². The molecule has 0 radical (unpaired) electrons. The zero-order chi connectivity index (χ0) is 18.9. The molecule has 1 fully saturated rings. The van der Waals surface area contributed by atoms with Gasteiger partial charge in [-0.3, -0.25) is 4.79 Å². The van der Waals surface area contributed by atoms with Crippen molar-refractivity contribution in [2.45, 2.75) is 50.1 Å². The van der Waals surface area contributed by atoms with Crippen molar-refractivity contribution in [3.63, 3.8) is 0 Å². The van der Waals surface area contributed by atoms with Gasteiger partial charge in [0.05, 0.1) is 36.9 Å². The van der Waals surface area contributed by atoms with E-state index in [-0.39, 0.29) is 30.3 Å². The Morgan fingerprint density at radius 2 is 1.88 bits per heavy atom. The van der Waals surface area contributed by atoms with Crippen LogP contribution < -0.4 is 0 Å². The smallest absolute Gasteiger partial charge is 0.308 e. The van der Waals surface area contributed by atoms with Crippen molar-refractivity contribution in [1.29, 1.82) is 0 Å². The maximum atomic E-state index is 11.6. The average Bonchev–Trinajstić information content (AvgIpc) is 2.69. The fraction of sp³-hybridized carbons (Fsp3) is 0.650. The van der Waals surface area contributed by atoms with Crippen LogP contribution in [-0.4, -0.2) is 46.5 Å². The minimum atomic E-state index is -0.774. The Balaban J connectivity index is 2.06. The van der Waals surface area contributed by atoms with Crippen LogP contribution in [0.3, 0.4) is 0 Å². The van der Waals surface area contributed by atoms with Gasteiger partial charge in [0, 0.05) is 11.8 Å². The van der Waals surface area contributed by atoms with E-state index in [4.69, 9.17) is 9.47 Å². The van der Waals surface area contributed by atoms with Crippen LogP contribution in [0.5, 0.6) is 0 Å². The number of rotatable bonds is 9. The molecule has 0 aliphatic carbocycles. The van der Waals surface area contributed by atoms with Crippen molar-refractivity contribution >= 4 is 29.5 Å². The number of benzene rings is 1. The first-order valence-electron chi connectivity index (χ1n) is 9.16. The predicted octanol–water partition coefficient (Wildman–Crippen LogP) is 3.96. The normalized spacial score (nSPS) is 20.2. The Bertz CT molecular complexity index is 534. The molecule has 1 aromatic carbocycles. The zero-order valence-corrected chi connectivity index (χ0v) is 17.4. The lowest BCUT2D eigenvalue weighted by molar-refractivity contribution is -0.145. The number of esters is 1. The minimum absolute atomic E-state index is 0.000532. The minimum Gasteiger partial charge on any atom is -0.469 e. The number of hydrogen-bond donors (Lipinski definition) is 1. The van der Waals surface area contributed by atoms with E-state index in [9.17, 15) is 9.90 Å². The van der Waals surface area contributed by atoms with Crippen molar-refractivity contribution in [3.8, 4) is 0 Å². The topological polar surface area (TPSA) is 55.8 Å². The standard InChI is InChI=1S/C20H30O4S2/c1-14(17(21)12-18(22)23-3)19(15(2)20-25-10-7-11-26-20)24-13-16-8-5-4-6-9-16/h4-6,8-9,14-15,17,19-21H,7,10-13H2,1-3H3/t14-,15+,17-,19-/m0/s1. The summed E-state index contributed by atoms with van der Waals surface area (Å²) in [6, 6.07) is 10.1. The van der Waals surface area contributed by atoms with E-state index in [1.54, 1.807) is 0 Å². The molecule has 0 unspecified atom stereocenters. The number of hydrogen-bond acceptors (Lipinski definition) is 6. The molecule has 1 heterocycles. The molecule has 4 atom stereocenters. The van der Waals surface area contributed by atoms with Crippen LogP contribution in [0, 0.1) is 11.8 Å². The molecule has 2 rings (SSSR count). The molecule has 1 saturated heterocycles. The summed E-state index contributed by atoms with van der Waals surface area (Å²) in [6.45, 7) is 4.68. The van der Waals surface area contributed by atoms with Crippen LogP contribution in [0.1, 0.15) is 32.3 Å². The van der Waals surface area contributed by atoms with Crippen LogP contribution in [0.15, 0.2) is 30.3 Å². The Morgan fingerprint density at radius 1 is 1.23 bits per heavy atom. The molecule has 146 valence electrons. The van der Waals surface area contributed by atoms with Crippen LogP contribution in [-0.2, 0) is 20.9 Å². The Kier molecular flexibility index (Phi) is 9.33. The fourth-order valence-corrected chi connectivity index (χ4v) is 6.32. The molecule has 1 aromatic rings. The van der Waals surface area contributed by atoms with Gasteiger partial charge in [0.25, 0.3) is 0 Å². The van der Waals surface area contributed by atoms with E-state index >= 15 is 0 Å². The van der Waals surface area contributed by atoms with Crippen molar-refractivity contribution in [2.24, 2.45) is 11.8 Å². The Hall–Kier alpha value is -0.690. The van der Waals surface area contributed by atoms with Gasteiger partial charge in [0.2, 0.25) is 0 Å². The van der Waals surface area contributed by atoms with Gasteiger partial charge in [0.1, 0.15) is 0 Å². The van der Waals surface area contributed by atoms with Gasteiger partial charge in [-0.1, -0.05) is 44.2 Å². The van der Waals surface area contributed by atoms with E-state index in [1.165, 1.54) is 25.0 Å². The number of thioether (sulfide) groups is 2. The molecule has 6 heteroatoms. The van der Waals surface area contributed by atoms with Gasteiger partial charge in [0.15, 0.2) is 0 Å². The third-order valence-corrected chi connectivity index (χ3v) is 8.20. The summed E-state index contributed by atoms with van der Waals surface area (Å²) < 4.78 is 11.5. The number of carbonyl (C=O) groups is 1.